The summed E-state index contributed by atoms with van der Waals surface area (Å²) in [6.45, 7) is 8.01. The highest BCUT2D eigenvalue weighted by Crippen LogP contribution is 2.53. The second-order valence-corrected chi connectivity index (χ2v) is 4.36. The Labute approximate surface area is 91.6 Å². The Kier molecular flexibility index (Phi) is 3.22. The van der Waals surface area contributed by atoms with E-state index >= 15 is 0 Å². The van der Waals surface area contributed by atoms with Crippen molar-refractivity contribution in [3.8, 4) is 0 Å². The van der Waals surface area contributed by atoms with Crippen LogP contribution in [0.3, 0.4) is 0 Å². The van der Waals surface area contributed by atoms with Crippen LogP contribution in [0.1, 0.15) is 53.4 Å². The summed E-state index contributed by atoms with van der Waals surface area (Å²) < 4.78 is 0. The van der Waals surface area contributed by atoms with Crippen LogP contribution in [0.25, 0.3) is 0 Å². The number of carbonyl (C=O) groups is 2. The molecular formula is C12H21NO2. The van der Waals surface area contributed by atoms with E-state index in [1.807, 2.05) is 27.7 Å². The number of imide groups is 1. The number of amides is 2. The molecule has 1 aliphatic rings. The SMILES string of the molecule is CCC1(CC)C(=O)NC(=O)C1(CC)CC. The normalized spacial score (nSPS) is 22.9. The lowest BCUT2D eigenvalue weighted by atomic mass is 9.59. The zero-order valence-corrected chi connectivity index (χ0v) is 10.1. The molecule has 15 heavy (non-hydrogen) atoms. The summed E-state index contributed by atoms with van der Waals surface area (Å²) in [5.74, 6) is -0.137. The maximum Gasteiger partial charge on any atom is 0.233 e. The number of hydrogen-bond acceptors (Lipinski definition) is 2. The molecule has 0 saturated carbocycles. The van der Waals surface area contributed by atoms with Gasteiger partial charge in [-0.2, -0.15) is 0 Å². The topological polar surface area (TPSA) is 46.2 Å². The number of rotatable bonds is 4. The molecule has 0 atom stereocenters. The predicted molar refractivity (Wildman–Crippen MR) is 59.2 cm³/mol. The number of hydrogen-bond donors (Lipinski definition) is 1. The van der Waals surface area contributed by atoms with Crippen LogP contribution < -0.4 is 5.32 Å². The molecule has 1 aliphatic heterocycles. The largest absolute Gasteiger partial charge is 0.295 e. The molecule has 0 aromatic rings. The van der Waals surface area contributed by atoms with Crippen molar-refractivity contribution in [2.24, 2.45) is 10.8 Å². The van der Waals surface area contributed by atoms with Crippen LogP contribution >= 0.6 is 0 Å². The smallest absolute Gasteiger partial charge is 0.233 e. The summed E-state index contributed by atoms with van der Waals surface area (Å²) in [6, 6.07) is 0. The first-order valence-corrected chi connectivity index (χ1v) is 5.90. The van der Waals surface area contributed by atoms with Gasteiger partial charge in [-0.1, -0.05) is 27.7 Å². The van der Waals surface area contributed by atoms with E-state index in [2.05, 4.69) is 5.32 Å². The molecule has 0 aromatic carbocycles. The Balaban J connectivity index is 3.31. The van der Waals surface area contributed by atoms with Gasteiger partial charge in [0, 0.05) is 0 Å². The van der Waals surface area contributed by atoms with Gasteiger partial charge in [-0.25, -0.2) is 0 Å². The third kappa shape index (κ3) is 1.25. The van der Waals surface area contributed by atoms with Gasteiger partial charge in [0.05, 0.1) is 10.8 Å². The maximum absolute atomic E-state index is 12.0. The van der Waals surface area contributed by atoms with Crippen LogP contribution in [0.2, 0.25) is 0 Å². The van der Waals surface area contributed by atoms with Gasteiger partial charge >= 0.3 is 0 Å². The summed E-state index contributed by atoms with van der Waals surface area (Å²) in [5, 5.41) is 2.52. The monoisotopic (exact) mass is 211 g/mol. The van der Waals surface area contributed by atoms with E-state index in [4.69, 9.17) is 0 Å². The molecule has 0 spiro atoms. The summed E-state index contributed by atoms with van der Waals surface area (Å²) in [5.41, 5.74) is -0.957. The maximum atomic E-state index is 12.0. The Morgan fingerprint density at radius 2 is 1.07 bits per heavy atom. The quantitative estimate of drug-likeness (QED) is 0.725. The van der Waals surface area contributed by atoms with E-state index in [1.165, 1.54) is 0 Å². The standard InChI is InChI=1S/C12H21NO2/c1-5-11(6-2)9(14)13-10(15)12(11,7-3)8-4/h5-8H2,1-4H3,(H,13,14,15). The van der Waals surface area contributed by atoms with E-state index in [9.17, 15) is 9.59 Å². The van der Waals surface area contributed by atoms with Crippen LogP contribution in [-0.4, -0.2) is 11.8 Å². The van der Waals surface area contributed by atoms with Gasteiger partial charge in [-0.3, -0.25) is 14.9 Å². The minimum Gasteiger partial charge on any atom is -0.295 e. The van der Waals surface area contributed by atoms with E-state index in [0.717, 1.165) is 25.7 Å². The first-order chi connectivity index (χ1) is 7.04. The highest BCUT2D eigenvalue weighted by Gasteiger charge is 2.61. The molecule has 86 valence electrons. The van der Waals surface area contributed by atoms with Crippen molar-refractivity contribution in [1.82, 2.24) is 5.32 Å². The summed E-state index contributed by atoms with van der Waals surface area (Å²) >= 11 is 0. The molecule has 0 aromatic heterocycles. The average molecular weight is 211 g/mol. The first-order valence-electron chi connectivity index (χ1n) is 5.90. The lowest BCUT2D eigenvalue weighted by Gasteiger charge is -2.39. The van der Waals surface area contributed by atoms with Gasteiger partial charge < -0.3 is 0 Å². The Bertz CT molecular complexity index is 247. The van der Waals surface area contributed by atoms with Crippen molar-refractivity contribution in [2.75, 3.05) is 0 Å². The van der Waals surface area contributed by atoms with Crippen LogP contribution in [0.4, 0.5) is 0 Å². The Hall–Kier alpha value is -0.860. The Morgan fingerprint density at radius 1 is 0.800 bits per heavy atom. The molecule has 1 heterocycles. The van der Waals surface area contributed by atoms with Crippen molar-refractivity contribution in [3.05, 3.63) is 0 Å². The van der Waals surface area contributed by atoms with Gasteiger partial charge in [0.1, 0.15) is 0 Å². The van der Waals surface area contributed by atoms with Gasteiger partial charge in [0.15, 0.2) is 0 Å². The van der Waals surface area contributed by atoms with Gasteiger partial charge in [-0.15, -0.1) is 0 Å². The molecule has 0 radical (unpaired) electrons. The van der Waals surface area contributed by atoms with E-state index in [-0.39, 0.29) is 11.8 Å². The molecule has 1 N–H and O–H groups in total. The van der Waals surface area contributed by atoms with Gasteiger partial charge in [0.2, 0.25) is 11.8 Å². The highest BCUT2D eigenvalue weighted by molar-refractivity contribution is 6.09. The van der Waals surface area contributed by atoms with Crippen LogP contribution in [-0.2, 0) is 9.59 Å². The molecule has 0 aliphatic carbocycles. The van der Waals surface area contributed by atoms with Crippen molar-refractivity contribution in [2.45, 2.75) is 53.4 Å². The van der Waals surface area contributed by atoms with E-state index in [0.29, 0.717) is 0 Å². The lowest BCUT2D eigenvalue weighted by Crippen LogP contribution is -2.43. The molecule has 1 fully saturated rings. The van der Waals surface area contributed by atoms with E-state index < -0.39 is 10.8 Å². The summed E-state index contributed by atoms with van der Waals surface area (Å²) in [4.78, 5) is 23.9. The van der Waals surface area contributed by atoms with Crippen LogP contribution in [0.5, 0.6) is 0 Å². The zero-order chi connectivity index (χ0) is 11.7. The lowest BCUT2D eigenvalue weighted by molar-refractivity contribution is -0.136. The molecule has 0 bridgehead atoms. The van der Waals surface area contributed by atoms with Gasteiger partial charge in [-0.05, 0) is 25.7 Å². The van der Waals surface area contributed by atoms with Crippen molar-refractivity contribution in [3.63, 3.8) is 0 Å². The fourth-order valence-corrected chi connectivity index (χ4v) is 3.27. The molecule has 3 heteroatoms. The third-order valence-corrected chi connectivity index (χ3v) is 4.43. The molecule has 1 saturated heterocycles. The minimum atomic E-state index is -0.479. The predicted octanol–water partition coefficient (Wildman–Crippen LogP) is 2.26. The fraction of sp³-hybridized carbons (Fsp3) is 0.833. The minimum absolute atomic E-state index is 0.0683. The highest BCUT2D eigenvalue weighted by atomic mass is 16.2. The second kappa shape index (κ2) is 3.95. The average Bonchev–Trinajstić information content (AvgIpc) is 2.46. The third-order valence-electron chi connectivity index (χ3n) is 4.43. The first kappa shape index (κ1) is 12.2. The fourth-order valence-electron chi connectivity index (χ4n) is 3.27. The van der Waals surface area contributed by atoms with Crippen molar-refractivity contribution < 1.29 is 9.59 Å². The molecule has 1 rings (SSSR count). The molecule has 2 amide bonds. The number of nitrogens with one attached hydrogen (secondary N) is 1. The molecule has 3 nitrogen and oxygen atoms in total. The molecule has 0 unspecified atom stereocenters. The van der Waals surface area contributed by atoms with Crippen molar-refractivity contribution in [1.29, 1.82) is 0 Å². The van der Waals surface area contributed by atoms with Crippen LogP contribution in [0, 0.1) is 10.8 Å². The molecular weight excluding hydrogens is 190 g/mol. The summed E-state index contributed by atoms with van der Waals surface area (Å²) in [6.07, 6.45) is 2.96. The Morgan fingerprint density at radius 3 is 1.27 bits per heavy atom. The summed E-state index contributed by atoms with van der Waals surface area (Å²) in [7, 11) is 0. The second-order valence-electron chi connectivity index (χ2n) is 4.36. The van der Waals surface area contributed by atoms with E-state index in [1.54, 1.807) is 0 Å². The van der Waals surface area contributed by atoms with Crippen molar-refractivity contribution >= 4 is 11.8 Å². The van der Waals surface area contributed by atoms with Crippen LogP contribution in [0.15, 0.2) is 0 Å². The number of carbonyl (C=O) groups excluding carboxylic acids is 2. The zero-order valence-electron chi connectivity index (χ0n) is 10.1. The van der Waals surface area contributed by atoms with Gasteiger partial charge in [0.25, 0.3) is 0 Å².